The van der Waals surface area contributed by atoms with Gasteiger partial charge in [0.25, 0.3) is 0 Å². The van der Waals surface area contributed by atoms with Gasteiger partial charge in [-0.2, -0.15) is 0 Å². The number of hydrogen-bond donors (Lipinski definition) is 1. The number of benzene rings is 2. The van der Waals surface area contributed by atoms with Gasteiger partial charge in [-0.05, 0) is 36.8 Å². The van der Waals surface area contributed by atoms with Crippen molar-refractivity contribution in [2.75, 3.05) is 12.4 Å². The molecular formula is C15H14BrF2NO. The van der Waals surface area contributed by atoms with Crippen molar-refractivity contribution in [2.45, 2.75) is 13.0 Å². The Bertz CT molecular complexity index is 596. The van der Waals surface area contributed by atoms with Crippen molar-refractivity contribution in [3.63, 3.8) is 0 Å². The lowest BCUT2D eigenvalue weighted by atomic mass is 10.1. The van der Waals surface area contributed by atoms with Gasteiger partial charge in [0.1, 0.15) is 23.1 Å². The highest BCUT2D eigenvalue weighted by atomic mass is 79.9. The summed E-state index contributed by atoms with van der Waals surface area (Å²) in [6, 6.07) is 9.54. The number of halogens is 3. The molecule has 0 aliphatic heterocycles. The van der Waals surface area contributed by atoms with Crippen LogP contribution in [0, 0.1) is 11.6 Å². The molecule has 0 heterocycles. The summed E-state index contributed by atoms with van der Waals surface area (Å²) in [7, 11) is 1.57. The van der Waals surface area contributed by atoms with E-state index in [9.17, 15) is 8.78 Å². The third-order valence-electron chi connectivity index (χ3n) is 2.96. The van der Waals surface area contributed by atoms with E-state index in [4.69, 9.17) is 4.74 Å². The van der Waals surface area contributed by atoms with Gasteiger partial charge in [0, 0.05) is 10.5 Å². The molecule has 0 fully saturated rings. The summed E-state index contributed by atoms with van der Waals surface area (Å²) in [5.74, 6) is -0.564. The van der Waals surface area contributed by atoms with Crippen LogP contribution in [0.25, 0.3) is 0 Å². The average molecular weight is 342 g/mol. The van der Waals surface area contributed by atoms with Crippen molar-refractivity contribution < 1.29 is 13.5 Å². The third-order valence-corrected chi connectivity index (χ3v) is 3.42. The highest BCUT2D eigenvalue weighted by molar-refractivity contribution is 9.10. The van der Waals surface area contributed by atoms with Gasteiger partial charge in [-0.3, -0.25) is 0 Å². The van der Waals surface area contributed by atoms with Crippen LogP contribution in [0.1, 0.15) is 18.5 Å². The molecule has 20 heavy (non-hydrogen) atoms. The maximum Gasteiger partial charge on any atom is 0.150 e. The van der Waals surface area contributed by atoms with E-state index < -0.39 is 11.6 Å². The zero-order valence-corrected chi connectivity index (χ0v) is 12.7. The lowest BCUT2D eigenvalue weighted by Crippen LogP contribution is -2.09. The molecular weight excluding hydrogens is 328 g/mol. The van der Waals surface area contributed by atoms with Gasteiger partial charge in [-0.15, -0.1) is 0 Å². The van der Waals surface area contributed by atoms with Crippen LogP contribution < -0.4 is 10.1 Å². The fourth-order valence-electron chi connectivity index (χ4n) is 1.89. The fraction of sp³-hybridized carbons (Fsp3) is 0.200. The summed E-state index contributed by atoms with van der Waals surface area (Å²) >= 11 is 3.05. The number of rotatable bonds is 4. The molecule has 0 radical (unpaired) electrons. The first-order valence-corrected chi connectivity index (χ1v) is 6.85. The summed E-state index contributed by atoms with van der Waals surface area (Å²) in [5.41, 5.74) is 0.745. The molecule has 2 aromatic rings. The number of methoxy groups -OCH3 is 1. The minimum absolute atomic E-state index is 0.136. The molecule has 0 aromatic heterocycles. The summed E-state index contributed by atoms with van der Waals surface area (Å²) in [5, 5.41) is 2.85. The quantitative estimate of drug-likeness (QED) is 0.853. The standard InChI is InChI=1S/C15H14BrF2NO/c1-9(10-4-3-5-12(6-10)20-2)19-15-13(17)7-11(16)8-14(15)18/h3-9,19H,1-2H3. The Kier molecular flexibility index (Phi) is 4.60. The van der Waals surface area contributed by atoms with E-state index in [2.05, 4.69) is 21.2 Å². The molecule has 0 aliphatic carbocycles. The Morgan fingerprint density at radius 3 is 2.40 bits per heavy atom. The molecule has 0 spiro atoms. The van der Waals surface area contributed by atoms with Gasteiger partial charge < -0.3 is 10.1 Å². The predicted molar refractivity (Wildman–Crippen MR) is 79.1 cm³/mol. The van der Waals surface area contributed by atoms with E-state index in [0.717, 1.165) is 5.56 Å². The molecule has 1 N–H and O–H groups in total. The van der Waals surface area contributed by atoms with E-state index in [-0.39, 0.29) is 11.7 Å². The van der Waals surface area contributed by atoms with Gasteiger partial charge in [0.15, 0.2) is 0 Å². The van der Waals surface area contributed by atoms with Crippen LogP contribution in [-0.4, -0.2) is 7.11 Å². The van der Waals surface area contributed by atoms with Crippen molar-refractivity contribution in [2.24, 2.45) is 0 Å². The number of anilines is 1. The molecule has 1 atom stereocenters. The fourth-order valence-corrected chi connectivity index (χ4v) is 2.29. The van der Waals surface area contributed by atoms with Gasteiger partial charge in [-0.1, -0.05) is 28.1 Å². The van der Waals surface area contributed by atoms with Crippen molar-refractivity contribution in [1.82, 2.24) is 0 Å². The molecule has 2 nitrogen and oxygen atoms in total. The van der Waals surface area contributed by atoms with E-state index in [1.807, 2.05) is 31.2 Å². The molecule has 0 saturated carbocycles. The summed E-state index contributed by atoms with van der Waals surface area (Å²) in [6.07, 6.45) is 0. The lowest BCUT2D eigenvalue weighted by molar-refractivity contribution is 0.414. The molecule has 0 saturated heterocycles. The van der Waals surface area contributed by atoms with Crippen molar-refractivity contribution in [3.8, 4) is 5.75 Å². The molecule has 2 aromatic carbocycles. The zero-order chi connectivity index (χ0) is 14.7. The van der Waals surface area contributed by atoms with E-state index in [1.54, 1.807) is 7.11 Å². The van der Waals surface area contributed by atoms with Gasteiger partial charge in [-0.25, -0.2) is 8.78 Å². The number of hydrogen-bond acceptors (Lipinski definition) is 2. The number of nitrogens with one attached hydrogen (secondary N) is 1. The average Bonchev–Trinajstić information content (AvgIpc) is 2.42. The second-order valence-electron chi connectivity index (χ2n) is 4.39. The monoisotopic (exact) mass is 341 g/mol. The highest BCUT2D eigenvalue weighted by Crippen LogP contribution is 2.28. The molecule has 2 rings (SSSR count). The maximum atomic E-state index is 13.8. The molecule has 1 unspecified atom stereocenters. The third kappa shape index (κ3) is 3.28. The van der Waals surface area contributed by atoms with E-state index in [1.165, 1.54) is 12.1 Å². The van der Waals surface area contributed by atoms with Crippen LogP contribution in [0.5, 0.6) is 5.75 Å². The Morgan fingerprint density at radius 2 is 1.80 bits per heavy atom. The van der Waals surface area contributed by atoms with Crippen LogP contribution in [0.2, 0.25) is 0 Å². The smallest absolute Gasteiger partial charge is 0.150 e. The SMILES string of the molecule is COc1cccc(C(C)Nc2c(F)cc(Br)cc2F)c1. The first-order chi connectivity index (χ1) is 9.51. The van der Waals surface area contributed by atoms with Crippen molar-refractivity contribution >= 4 is 21.6 Å². The second-order valence-corrected chi connectivity index (χ2v) is 5.30. The molecule has 0 bridgehead atoms. The Morgan fingerprint density at radius 1 is 1.15 bits per heavy atom. The van der Waals surface area contributed by atoms with E-state index >= 15 is 0 Å². The normalized spacial score (nSPS) is 12.1. The summed E-state index contributed by atoms with van der Waals surface area (Å²) in [4.78, 5) is 0. The summed E-state index contributed by atoms with van der Waals surface area (Å²) in [6.45, 7) is 1.83. The second kappa shape index (κ2) is 6.22. The highest BCUT2D eigenvalue weighted by Gasteiger charge is 2.14. The first-order valence-electron chi connectivity index (χ1n) is 6.06. The molecule has 0 aliphatic rings. The zero-order valence-electron chi connectivity index (χ0n) is 11.1. The van der Waals surface area contributed by atoms with Crippen molar-refractivity contribution in [1.29, 1.82) is 0 Å². The predicted octanol–water partition coefficient (Wildman–Crippen LogP) is 4.91. The van der Waals surface area contributed by atoms with Crippen LogP contribution in [0.15, 0.2) is 40.9 Å². The van der Waals surface area contributed by atoms with Crippen LogP contribution in [0.3, 0.4) is 0 Å². The minimum atomic E-state index is -0.633. The first kappa shape index (κ1) is 14.8. The topological polar surface area (TPSA) is 21.3 Å². The Labute approximate surface area is 124 Å². The van der Waals surface area contributed by atoms with Crippen molar-refractivity contribution in [3.05, 3.63) is 58.1 Å². The minimum Gasteiger partial charge on any atom is -0.497 e. The largest absolute Gasteiger partial charge is 0.497 e. The lowest BCUT2D eigenvalue weighted by Gasteiger charge is -2.17. The maximum absolute atomic E-state index is 13.8. The van der Waals surface area contributed by atoms with Crippen LogP contribution in [-0.2, 0) is 0 Å². The summed E-state index contributed by atoms with van der Waals surface area (Å²) < 4.78 is 33.1. The van der Waals surface area contributed by atoms with Gasteiger partial charge >= 0.3 is 0 Å². The number of ether oxygens (including phenoxy) is 1. The van der Waals surface area contributed by atoms with Crippen LogP contribution in [0.4, 0.5) is 14.5 Å². The van der Waals surface area contributed by atoms with Gasteiger partial charge in [0.2, 0.25) is 0 Å². The van der Waals surface area contributed by atoms with Crippen LogP contribution >= 0.6 is 15.9 Å². The Balaban J connectivity index is 2.25. The van der Waals surface area contributed by atoms with E-state index in [0.29, 0.717) is 10.2 Å². The molecule has 5 heteroatoms. The molecule has 0 amide bonds. The van der Waals surface area contributed by atoms with Gasteiger partial charge in [0.05, 0.1) is 7.11 Å². The molecule has 106 valence electrons. The Hall–Kier alpha value is -1.62.